The number of carbonyl (C=O) groups is 2. The molecule has 1 atom stereocenters. The van der Waals surface area contributed by atoms with Gasteiger partial charge < -0.3 is 14.4 Å². The quantitative estimate of drug-likeness (QED) is 0.680. The number of nitrogens with zero attached hydrogens (tertiary/aromatic N) is 1. The van der Waals surface area contributed by atoms with E-state index in [1.54, 1.807) is 11.8 Å². The molecule has 0 aliphatic carbocycles. The van der Waals surface area contributed by atoms with Crippen molar-refractivity contribution in [3.8, 4) is 0 Å². The molecule has 0 aromatic heterocycles. The molecule has 0 spiro atoms. The summed E-state index contributed by atoms with van der Waals surface area (Å²) in [6.07, 6.45) is 2.08. The number of benzene rings is 1. The predicted molar refractivity (Wildman–Crippen MR) is 101 cm³/mol. The van der Waals surface area contributed by atoms with Gasteiger partial charge in [-0.2, -0.15) is 0 Å². The van der Waals surface area contributed by atoms with E-state index < -0.39 is 5.60 Å². The minimum Gasteiger partial charge on any atom is -0.466 e. The molecule has 6 heteroatoms. The number of ether oxygens (including phenoxy) is 2. The second-order valence-electron chi connectivity index (χ2n) is 7.48. The zero-order valence-corrected chi connectivity index (χ0v) is 16.8. The van der Waals surface area contributed by atoms with Gasteiger partial charge in [0.25, 0.3) is 0 Å². The molecule has 0 radical (unpaired) electrons. The number of amides is 1. The van der Waals surface area contributed by atoms with E-state index in [0.29, 0.717) is 37.4 Å². The Morgan fingerprint density at radius 2 is 2.04 bits per heavy atom. The van der Waals surface area contributed by atoms with E-state index in [9.17, 15) is 9.59 Å². The highest BCUT2D eigenvalue weighted by Gasteiger charge is 2.33. The van der Waals surface area contributed by atoms with Gasteiger partial charge in [-0.25, -0.2) is 4.79 Å². The lowest BCUT2D eigenvalue weighted by molar-refractivity contribution is -0.143. The lowest BCUT2D eigenvalue weighted by Gasteiger charge is -2.38. The van der Waals surface area contributed by atoms with Gasteiger partial charge >= 0.3 is 12.1 Å². The van der Waals surface area contributed by atoms with Crippen LogP contribution in [0.4, 0.5) is 4.79 Å². The van der Waals surface area contributed by atoms with Gasteiger partial charge in [-0.1, -0.05) is 17.7 Å². The normalized spacial score (nSPS) is 16.8. The SMILES string of the molecule is CCOC(=O)CCCC1c2ccc(Cl)cc2CCN1C(=O)OC(C)(C)C. The predicted octanol–water partition coefficient (Wildman–Crippen LogP) is 4.91. The van der Waals surface area contributed by atoms with Crippen LogP contribution in [0.3, 0.4) is 0 Å². The summed E-state index contributed by atoms with van der Waals surface area (Å²) in [4.78, 5) is 26.1. The molecule has 0 fully saturated rings. The summed E-state index contributed by atoms with van der Waals surface area (Å²) in [5, 5.41) is 0.694. The van der Waals surface area contributed by atoms with Gasteiger partial charge in [0, 0.05) is 18.0 Å². The summed E-state index contributed by atoms with van der Waals surface area (Å²) in [5.74, 6) is -0.205. The molecular weight excluding hydrogens is 354 g/mol. The van der Waals surface area contributed by atoms with Crippen LogP contribution in [-0.2, 0) is 20.7 Å². The lowest BCUT2D eigenvalue weighted by Crippen LogP contribution is -2.43. The lowest BCUT2D eigenvalue weighted by atomic mass is 9.90. The molecule has 1 aliphatic heterocycles. The highest BCUT2D eigenvalue weighted by Crippen LogP contribution is 2.35. The van der Waals surface area contributed by atoms with Crippen LogP contribution >= 0.6 is 11.6 Å². The summed E-state index contributed by atoms with van der Waals surface area (Å²) in [5.41, 5.74) is 1.68. The molecule has 1 unspecified atom stereocenters. The van der Waals surface area contributed by atoms with Gasteiger partial charge in [-0.05, 0) is 70.2 Å². The van der Waals surface area contributed by atoms with Crippen molar-refractivity contribution in [1.82, 2.24) is 4.90 Å². The Hall–Kier alpha value is -1.75. The molecule has 0 N–H and O–H groups in total. The maximum atomic E-state index is 12.7. The van der Waals surface area contributed by atoms with E-state index in [4.69, 9.17) is 21.1 Å². The summed E-state index contributed by atoms with van der Waals surface area (Å²) in [6, 6.07) is 5.66. The molecule has 5 nitrogen and oxygen atoms in total. The van der Waals surface area contributed by atoms with Crippen molar-refractivity contribution in [2.45, 2.75) is 65.0 Å². The molecule has 26 heavy (non-hydrogen) atoms. The molecule has 0 bridgehead atoms. The zero-order valence-electron chi connectivity index (χ0n) is 16.0. The Morgan fingerprint density at radius 1 is 1.31 bits per heavy atom. The number of hydrogen-bond acceptors (Lipinski definition) is 4. The fourth-order valence-electron chi connectivity index (χ4n) is 3.20. The molecule has 144 valence electrons. The number of esters is 1. The number of hydrogen-bond donors (Lipinski definition) is 0. The van der Waals surface area contributed by atoms with Gasteiger partial charge in [0.1, 0.15) is 5.60 Å². The summed E-state index contributed by atoms with van der Waals surface area (Å²) >= 11 is 6.12. The highest BCUT2D eigenvalue weighted by atomic mass is 35.5. The smallest absolute Gasteiger partial charge is 0.410 e. The highest BCUT2D eigenvalue weighted by molar-refractivity contribution is 6.30. The third kappa shape index (κ3) is 5.63. The van der Waals surface area contributed by atoms with E-state index in [0.717, 1.165) is 17.5 Å². The standard InChI is InChI=1S/C20H28ClNO4/c1-5-25-18(23)8-6-7-17-16-10-9-15(21)13-14(16)11-12-22(17)19(24)26-20(2,3)4/h9-10,13,17H,5-8,11-12H2,1-4H3. The number of carbonyl (C=O) groups excluding carboxylic acids is 2. The van der Waals surface area contributed by atoms with Gasteiger partial charge in [-0.15, -0.1) is 0 Å². The first kappa shape index (κ1) is 20.6. The van der Waals surface area contributed by atoms with Crippen molar-refractivity contribution in [1.29, 1.82) is 0 Å². The third-order valence-corrected chi connectivity index (χ3v) is 4.49. The largest absolute Gasteiger partial charge is 0.466 e. The molecule has 1 amide bonds. The van der Waals surface area contributed by atoms with E-state index >= 15 is 0 Å². The Morgan fingerprint density at radius 3 is 2.69 bits per heavy atom. The maximum absolute atomic E-state index is 12.7. The zero-order chi connectivity index (χ0) is 19.3. The van der Waals surface area contributed by atoms with Crippen molar-refractivity contribution in [3.05, 3.63) is 34.3 Å². The Bertz CT molecular complexity index is 654. The van der Waals surface area contributed by atoms with Crippen LogP contribution < -0.4 is 0 Å². The van der Waals surface area contributed by atoms with Gasteiger partial charge in [0.15, 0.2) is 0 Å². The maximum Gasteiger partial charge on any atom is 0.410 e. The third-order valence-electron chi connectivity index (χ3n) is 4.25. The van der Waals surface area contributed by atoms with Crippen molar-refractivity contribution < 1.29 is 19.1 Å². The van der Waals surface area contributed by atoms with Gasteiger partial charge in [0.05, 0.1) is 12.6 Å². The van der Waals surface area contributed by atoms with Crippen LogP contribution in [0.25, 0.3) is 0 Å². The monoisotopic (exact) mass is 381 g/mol. The Kier molecular flexibility index (Phi) is 6.93. The minimum absolute atomic E-state index is 0.125. The molecule has 1 aliphatic rings. The molecule has 0 saturated carbocycles. The average molecular weight is 382 g/mol. The molecular formula is C20H28ClNO4. The molecule has 2 rings (SSSR count). The van der Waals surface area contributed by atoms with E-state index in [2.05, 4.69) is 0 Å². The first-order valence-corrected chi connectivity index (χ1v) is 9.52. The second-order valence-corrected chi connectivity index (χ2v) is 7.92. The Balaban J connectivity index is 2.17. The van der Waals surface area contributed by atoms with E-state index in [1.165, 1.54) is 0 Å². The fourth-order valence-corrected chi connectivity index (χ4v) is 3.40. The molecule has 0 saturated heterocycles. The molecule has 1 aromatic rings. The summed E-state index contributed by atoms with van der Waals surface area (Å²) < 4.78 is 10.6. The van der Waals surface area contributed by atoms with Crippen LogP contribution in [-0.4, -0.2) is 35.7 Å². The van der Waals surface area contributed by atoms with Crippen molar-refractivity contribution in [2.75, 3.05) is 13.2 Å². The summed E-state index contributed by atoms with van der Waals surface area (Å²) in [6.45, 7) is 8.33. The van der Waals surface area contributed by atoms with Crippen molar-refractivity contribution in [2.24, 2.45) is 0 Å². The van der Waals surface area contributed by atoms with E-state index in [-0.39, 0.29) is 18.1 Å². The van der Waals surface area contributed by atoms with E-state index in [1.807, 2.05) is 39.0 Å². The number of halogens is 1. The van der Waals surface area contributed by atoms with Crippen LogP contribution in [0.5, 0.6) is 0 Å². The minimum atomic E-state index is -0.549. The van der Waals surface area contributed by atoms with Crippen LogP contribution in [0.15, 0.2) is 18.2 Å². The van der Waals surface area contributed by atoms with Crippen LogP contribution in [0, 0.1) is 0 Å². The van der Waals surface area contributed by atoms with Gasteiger partial charge in [-0.3, -0.25) is 4.79 Å². The molecule has 1 aromatic carbocycles. The van der Waals surface area contributed by atoms with Crippen LogP contribution in [0.2, 0.25) is 5.02 Å². The fraction of sp³-hybridized carbons (Fsp3) is 0.600. The van der Waals surface area contributed by atoms with Crippen molar-refractivity contribution in [3.63, 3.8) is 0 Å². The average Bonchev–Trinajstić information content (AvgIpc) is 2.53. The number of fused-ring (bicyclic) bond motifs is 1. The first-order chi connectivity index (χ1) is 12.2. The van der Waals surface area contributed by atoms with Crippen molar-refractivity contribution >= 4 is 23.7 Å². The topological polar surface area (TPSA) is 55.8 Å². The van der Waals surface area contributed by atoms with Gasteiger partial charge in [0.2, 0.25) is 0 Å². The Labute approximate surface area is 160 Å². The summed E-state index contributed by atoms with van der Waals surface area (Å²) in [7, 11) is 0. The molecule has 1 heterocycles. The first-order valence-electron chi connectivity index (χ1n) is 9.15. The van der Waals surface area contributed by atoms with Crippen LogP contribution in [0.1, 0.15) is 64.1 Å². The number of rotatable bonds is 5. The second kappa shape index (κ2) is 8.76.